The van der Waals surface area contributed by atoms with Gasteiger partial charge in [0.05, 0.1) is 6.20 Å². The summed E-state index contributed by atoms with van der Waals surface area (Å²) >= 11 is 0. The van der Waals surface area contributed by atoms with E-state index >= 15 is 0 Å². The normalized spacial score (nSPS) is 10.1. The zero-order valence-electron chi connectivity index (χ0n) is 9.04. The summed E-state index contributed by atoms with van der Waals surface area (Å²) in [4.78, 5) is 7.62. The van der Waals surface area contributed by atoms with Crippen molar-refractivity contribution in [3.63, 3.8) is 0 Å². The van der Waals surface area contributed by atoms with Gasteiger partial charge in [-0.2, -0.15) is 4.98 Å². The number of nitrogens with zero attached hydrogens (tertiary/aromatic N) is 2. The number of anilines is 3. The predicted molar refractivity (Wildman–Crippen MR) is 61.2 cm³/mol. The van der Waals surface area contributed by atoms with Crippen LogP contribution in [0.15, 0.2) is 30.5 Å². The van der Waals surface area contributed by atoms with Crippen LogP contribution in [0.3, 0.4) is 0 Å². The molecule has 0 amide bonds. The van der Waals surface area contributed by atoms with Crippen LogP contribution >= 0.6 is 0 Å². The monoisotopic (exact) mass is 236 g/mol. The Kier molecular flexibility index (Phi) is 3.13. The van der Waals surface area contributed by atoms with Gasteiger partial charge in [-0.05, 0) is 24.3 Å². The van der Waals surface area contributed by atoms with E-state index in [1.54, 1.807) is 7.05 Å². The molecule has 0 fully saturated rings. The van der Waals surface area contributed by atoms with Gasteiger partial charge in [-0.15, -0.1) is 0 Å². The van der Waals surface area contributed by atoms with Crippen molar-refractivity contribution in [3.05, 3.63) is 42.1 Å². The number of rotatable bonds is 3. The third kappa shape index (κ3) is 2.66. The van der Waals surface area contributed by atoms with Crippen molar-refractivity contribution in [1.29, 1.82) is 0 Å². The Morgan fingerprint density at radius 2 is 1.82 bits per heavy atom. The molecule has 0 aliphatic heterocycles. The van der Waals surface area contributed by atoms with Crippen molar-refractivity contribution in [2.24, 2.45) is 0 Å². The molecule has 0 saturated heterocycles. The number of halogens is 2. The molecule has 0 aliphatic carbocycles. The second-order valence-corrected chi connectivity index (χ2v) is 3.27. The minimum absolute atomic E-state index is 0.0379. The first-order valence-electron chi connectivity index (χ1n) is 4.92. The summed E-state index contributed by atoms with van der Waals surface area (Å²) < 4.78 is 26.1. The second-order valence-electron chi connectivity index (χ2n) is 3.27. The fourth-order valence-corrected chi connectivity index (χ4v) is 1.25. The van der Waals surface area contributed by atoms with Gasteiger partial charge in [-0.1, -0.05) is 0 Å². The van der Waals surface area contributed by atoms with E-state index in [1.807, 2.05) is 0 Å². The smallest absolute Gasteiger partial charge is 0.224 e. The van der Waals surface area contributed by atoms with Crippen molar-refractivity contribution in [2.75, 3.05) is 17.7 Å². The summed E-state index contributed by atoms with van der Waals surface area (Å²) in [6, 6.07) is 5.55. The molecule has 0 radical (unpaired) electrons. The van der Waals surface area contributed by atoms with E-state index in [9.17, 15) is 8.78 Å². The van der Waals surface area contributed by atoms with Gasteiger partial charge >= 0.3 is 0 Å². The molecule has 2 rings (SSSR count). The van der Waals surface area contributed by atoms with Crippen LogP contribution in [0.4, 0.5) is 26.2 Å². The molecule has 1 aromatic carbocycles. The number of hydrogen-bond acceptors (Lipinski definition) is 4. The van der Waals surface area contributed by atoms with Gasteiger partial charge in [0.25, 0.3) is 0 Å². The summed E-state index contributed by atoms with van der Waals surface area (Å²) in [5.74, 6) is -0.588. The molecule has 0 bridgehead atoms. The standard InChI is InChI=1S/C11H10F2N4/c1-14-11-15-6-9(13)10(17-11)16-8-4-2-7(12)3-5-8/h2-6H,1H3,(H2,14,15,16,17). The Morgan fingerprint density at radius 3 is 2.47 bits per heavy atom. The van der Waals surface area contributed by atoms with Crippen LogP contribution in [0.1, 0.15) is 0 Å². The molecule has 2 N–H and O–H groups in total. The first-order valence-corrected chi connectivity index (χ1v) is 4.92. The highest BCUT2D eigenvalue weighted by Gasteiger charge is 2.06. The van der Waals surface area contributed by atoms with E-state index in [4.69, 9.17) is 0 Å². The Labute approximate surface area is 96.7 Å². The van der Waals surface area contributed by atoms with Crippen molar-refractivity contribution >= 4 is 17.5 Å². The summed E-state index contributed by atoms with van der Waals surface area (Å²) in [5.41, 5.74) is 0.547. The molecular weight excluding hydrogens is 226 g/mol. The topological polar surface area (TPSA) is 49.8 Å². The Hall–Kier alpha value is -2.24. The lowest BCUT2D eigenvalue weighted by Gasteiger charge is -2.07. The molecule has 4 nitrogen and oxygen atoms in total. The minimum atomic E-state index is -0.576. The molecule has 0 aliphatic rings. The average Bonchev–Trinajstić information content (AvgIpc) is 2.35. The SMILES string of the molecule is CNc1ncc(F)c(Nc2ccc(F)cc2)n1. The maximum Gasteiger partial charge on any atom is 0.224 e. The lowest BCUT2D eigenvalue weighted by molar-refractivity contribution is 0.619. The van der Waals surface area contributed by atoms with Gasteiger partial charge in [-0.3, -0.25) is 0 Å². The summed E-state index contributed by atoms with van der Waals surface area (Å²) in [5, 5.41) is 5.44. The van der Waals surface area contributed by atoms with Gasteiger partial charge in [0.15, 0.2) is 11.6 Å². The molecule has 0 spiro atoms. The lowest BCUT2D eigenvalue weighted by Crippen LogP contribution is -2.02. The summed E-state index contributed by atoms with van der Waals surface area (Å²) in [6.07, 6.45) is 1.06. The van der Waals surface area contributed by atoms with E-state index < -0.39 is 5.82 Å². The molecule has 17 heavy (non-hydrogen) atoms. The predicted octanol–water partition coefficient (Wildman–Crippen LogP) is 2.54. The van der Waals surface area contributed by atoms with Crippen molar-refractivity contribution < 1.29 is 8.78 Å². The quantitative estimate of drug-likeness (QED) is 0.859. The van der Waals surface area contributed by atoms with Gasteiger partial charge in [0, 0.05) is 12.7 Å². The highest BCUT2D eigenvalue weighted by molar-refractivity contribution is 5.57. The molecule has 0 atom stereocenters. The molecule has 1 aromatic heterocycles. The lowest BCUT2D eigenvalue weighted by atomic mass is 10.3. The Morgan fingerprint density at radius 1 is 1.12 bits per heavy atom. The van der Waals surface area contributed by atoms with E-state index in [2.05, 4.69) is 20.6 Å². The number of nitrogens with one attached hydrogen (secondary N) is 2. The van der Waals surface area contributed by atoms with Crippen LogP contribution in [0, 0.1) is 11.6 Å². The first-order chi connectivity index (χ1) is 8.19. The highest BCUT2D eigenvalue weighted by atomic mass is 19.1. The first kappa shape index (κ1) is 11.3. The third-order valence-corrected chi connectivity index (χ3v) is 2.07. The fraction of sp³-hybridized carbons (Fsp3) is 0.0909. The molecule has 0 saturated carbocycles. The van der Waals surface area contributed by atoms with Gasteiger partial charge < -0.3 is 10.6 Å². The van der Waals surface area contributed by atoms with Crippen LogP contribution < -0.4 is 10.6 Å². The zero-order chi connectivity index (χ0) is 12.3. The zero-order valence-corrected chi connectivity index (χ0v) is 9.04. The molecular formula is C11H10F2N4. The molecule has 1 heterocycles. The number of benzene rings is 1. The van der Waals surface area contributed by atoms with Crippen LogP contribution in [0.5, 0.6) is 0 Å². The van der Waals surface area contributed by atoms with Gasteiger partial charge in [-0.25, -0.2) is 13.8 Å². The maximum absolute atomic E-state index is 13.4. The molecule has 88 valence electrons. The van der Waals surface area contributed by atoms with Crippen LogP contribution in [-0.2, 0) is 0 Å². The van der Waals surface area contributed by atoms with Crippen molar-refractivity contribution in [3.8, 4) is 0 Å². The molecule has 2 aromatic rings. The Balaban J connectivity index is 2.25. The molecule has 0 unspecified atom stereocenters. The summed E-state index contributed by atoms with van der Waals surface area (Å²) in [6.45, 7) is 0. The van der Waals surface area contributed by atoms with Gasteiger partial charge in [0.2, 0.25) is 5.95 Å². The molecule has 6 heteroatoms. The highest BCUT2D eigenvalue weighted by Crippen LogP contribution is 2.18. The maximum atomic E-state index is 13.4. The minimum Gasteiger partial charge on any atom is -0.357 e. The summed E-state index contributed by atoms with van der Waals surface area (Å²) in [7, 11) is 1.63. The van der Waals surface area contributed by atoms with Gasteiger partial charge in [0.1, 0.15) is 5.82 Å². The van der Waals surface area contributed by atoms with E-state index in [1.165, 1.54) is 24.3 Å². The fourth-order valence-electron chi connectivity index (χ4n) is 1.25. The average molecular weight is 236 g/mol. The van der Waals surface area contributed by atoms with E-state index in [0.29, 0.717) is 11.6 Å². The largest absolute Gasteiger partial charge is 0.357 e. The Bertz CT molecular complexity index is 513. The van der Waals surface area contributed by atoms with Crippen molar-refractivity contribution in [1.82, 2.24) is 9.97 Å². The van der Waals surface area contributed by atoms with E-state index in [-0.39, 0.29) is 11.6 Å². The van der Waals surface area contributed by atoms with E-state index in [0.717, 1.165) is 6.20 Å². The number of aromatic nitrogens is 2. The second kappa shape index (κ2) is 4.73. The van der Waals surface area contributed by atoms with Crippen LogP contribution in [-0.4, -0.2) is 17.0 Å². The number of hydrogen-bond donors (Lipinski definition) is 2. The van der Waals surface area contributed by atoms with Crippen LogP contribution in [0.25, 0.3) is 0 Å². The van der Waals surface area contributed by atoms with Crippen molar-refractivity contribution in [2.45, 2.75) is 0 Å². The van der Waals surface area contributed by atoms with Crippen LogP contribution in [0.2, 0.25) is 0 Å². The third-order valence-electron chi connectivity index (χ3n) is 2.07.